The third-order valence-corrected chi connectivity index (χ3v) is 3.69. The maximum Gasteiger partial charge on any atom is 0.249 e. The van der Waals surface area contributed by atoms with E-state index in [2.05, 4.69) is 19.2 Å². The van der Waals surface area contributed by atoms with Crippen LogP contribution in [-0.4, -0.2) is 24.7 Å². The Bertz CT molecular complexity index is 391. The lowest BCUT2D eigenvalue weighted by molar-refractivity contribution is -0.141. The van der Waals surface area contributed by atoms with Gasteiger partial charge in [-0.15, -0.1) is 0 Å². The Labute approximate surface area is 109 Å². The summed E-state index contributed by atoms with van der Waals surface area (Å²) in [7, 11) is 0. The molecule has 3 atom stereocenters. The van der Waals surface area contributed by atoms with Crippen LogP contribution in [0.3, 0.4) is 0 Å². The van der Waals surface area contributed by atoms with E-state index in [1.54, 1.807) is 0 Å². The van der Waals surface area contributed by atoms with Gasteiger partial charge >= 0.3 is 0 Å². The fourth-order valence-corrected chi connectivity index (χ4v) is 2.18. The molecule has 0 aliphatic carbocycles. The molecule has 3 nitrogen and oxygen atoms in total. The van der Waals surface area contributed by atoms with Gasteiger partial charge in [-0.2, -0.15) is 0 Å². The lowest BCUT2D eigenvalue weighted by Crippen LogP contribution is -2.54. The van der Waals surface area contributed by atoms with Crippen molar-refractivity contribution in [3.63, 3.8) is 0 Å². The number of ether oxygens (including phenoxy) is 1. The molecule has 1 N–H and O–H groups in total. The highest BCUT2D eigenvalue weighted by molar-refractivity contribution is 5.82. The molecule has 3 heteroatoms. The van der Waals surface area contributed by atoms with Gasteiger partial charge in [0.25, 0.3) is 0 Å². The minimum Gasteiger partial charge on any atom is -0.366 e. The predicted octanol–water partition coefficient (Wildman–Crippen LogP) is 2.16. The number of carbonyl (C=O) groups excluding carboxylic acids is 1. The summed E-state index contributed by atoms with van der Waals surface area (Å²) >= 11 is 0. The molecular formula is C15H21NO2. The molecule has 18 heavy (non-hydrogen) atoms. The fraction of sp³-hybridized carbons (Fsp3) is 0.533. The van der Waals surface area contributed by atoms with Crippen molar-refractivity contribution in [2.24, 2.45) is 5.92 Å². The number of hydrogen-bond donors (Lipinski definition) is 1. The highest BCUT2D eigenvalue weighted by Crippen LogP contribution is 2.16. The van der Waals surface area contributed by atoms with Gasteiger partial charge in [0.15, 0.2) is 0 Å². The van der Waals surface area contributed by atoms with E-state index >= 15 is 0 Å². The molecule has 2 rings (SSSR count). The zero-order valence-corrected chi connectivity index (χ0v) is 11.1. The van der Waals surface area contributed by atoms with E-state index < -0.39 is 0 Å². The van der Waals surface area contributed by atoms with Crippen LogP contribution >= 0.6 is 0 Å². The molecule has 1 aliphatic heterocycles. The van der Waals surface area contributed by atoms with Crippen molar-refractivity contribution in [3.8, 4) is 0 Å². The van der Waals surface area contributed by atoms with E-state index in [1.165, 1.54) is 0 Å². The largest absolute Gasteiger partial charge is 0.366 e. The van der Waals surface area contributed by atoms with Gasteiger partial charge in [0.2, 0.25) is 5.91 Å². The lowest BCUT2D eigenvalue weighted by Gasteiger charge is -2.32. The van der Waals surface area contributed by atoms with E-state index in [1.807, 2.05) is 30.3 Å². The molecule has 1 fully saturated rings. The minimum absolute atomic E-state index is 0.0235. The second-order valence-electron chi connectivity index (χ2n) is 5.01. The first-order valence-corrected chi connectivity index (χ1v) is 6.66. The van der Waals surface area contributed by atoms with Crippen molar-refractivity contribution in [2.75, 3.05) is 6.61 Å². The third kappa shape index (κ3) is 3.10. The van der Waals surface area contributed by atoms with Crippen molar-refractivity contribution in [1.82, 2.24) is 5.32 Å². The van der Waals surface area contributed by atoms with Crippen LogP contribution in [0.15, 0.2) is 30.3 Å². The molecular weight excluding hydrogens is 226 g/mol. The molecule has 0 spiro atoms. The smallest absolute Gasteiger partial charge is 0.249 e. The monoisotopic (exact) mass is 247 g/mol. The molecule has 0 aromatic heterocycles. The fourth-order valence-electron chi connectivity index (χ4n) is 2.18. The lowest BCUT2D eigenvalue weighted by atomic mass is 9.97. The second-order valence-corrected chi connectivity index (χ2v) is 5.01. The first kappa shape index (κ1) is 13.1. The van der Waals surface area contributed by atoms with E-state index in [4.69, 9.17) is 4.74 Å². The van der Waals surface area contributed by atoms with E-state index in [0.717, 1.165) is 12.0 Å². The Hall–Kier alpha value is -1.35. The van der Waals surface area contributed by atoms with Crippen molar-refractivity contribution in [2.45, 2.75) is 38.8 Å². The summed E-state index contributed by atoms with van der Waals surface area (Å²) in [5.41, 5.74) is 1.14. The van der Waals surface area contributed by atoms with Gasteiger partial charge in [0.1, 0.15) is 6.10 Å². The van der Waals surface area contributed by atoms with Crippen molar-refractivity contribution in [3.05, 3.63) is 35.9 Å². The summed E-state index contributed by atoms with van der Waals surface area (Å²) in [5, 5.41) is 3.07. The Balaban J connectivity index is 1.92. The molecule has 0 bridgehead atoms. The molecule has 1 aromatic rings. The SMILES string of the molecule is CC[C@H](C)C1COC(Cc2ccccc2)C(=O)N1. The first-order chi connectivity index (χ1) is 8.70. The number of carbonyl (C=O) groups is 1. The summed E-state index contributed by atoms with van der Waals surface area (Å²) in [6.07, 6.45) is 1.37. The van der Waals surface area contributed by atoms with Gasteiger partial charge in [-0.1, -0.05) is 50.6 Å². The highest BCUT2D eigenvalue weighted by Gasteiger charge is 2.30. The average Bonchev–Trinajstić information content (AvgIpc) is 2.41. The van der Waals surface area contributed by atoms with Crippen LogP contribution in [0.25, 0.3) is 0 Å². The zero-order valence-electron chi connectivity index (χ0n) is 11.1. The molecule has 1 amide bonds. The Morgan fingerprint density at radius 1 is 1.39 bits per heavy atom. The molecule has 1 saturated heterocycles. The highest BCUT2D eigenvalue weighted by atomic mass is 16.5. The van der Waals surface area contributed by atoms with Crippen molar-refractivity contribution in [1.29, 1.82) is 0 Å². The standard InChI is InChI=1S/C15H21NO2/c1-3-11(2)13-10-18-14(15(17)16-13)9-12-7-5-4-6-8-12/h4-8,11,13-14H,3,9-10H2,1-2H3,(H,16,17)/t11-,13?,14?/m0/s1. The normalized spacial score (nSPS) is 25.6. The maximum atomic E-state index is 12.0. The first-order valence-electron chi connectivity index (χ1n) is 6.66. The number of rotatable bonds is 4. The molecule has 1 aromatic carbocycles. The van der Waals surface area contributed by atoms with Crippen molar-refractivity contribution >= 4 is 5.91 Å². The van der Waals surface area contributed by atoms with Gasteiger partial charge in [0, 0.05) is 6.42 Å². The summed E-state index contributed by atoms with van der Waals surface area (Å²) in [4.78, 5) is 12.0. The number of morpholine rings is 1. The maximum absolute atomic E-state index is 12.0. The summed E-state index contributed by atoms with van der Waals surface area (Å²) in [6.45, 7) is 4.90. The molecule has 0 radical (unpaired) electrons. The number of nitrogens with one attached hydrogen (secondary N) is 1. The molecule has 0 saturated carbocycles. The quantitative estimate of drug-likeness (QED) is 0.885. The van der Waals surface area contributed by atoms with Crippen molar-refractivity contribution < 1.29 is 9.53 Å². The Kier molecular flexibility index (Phi) is 4.37. The van der Waals surface area contributed by atoms with E-state index in [-0.39, 0.29) is 18.1 Å². The van der Waals surface area contributed by atoms with Crippen LogP contribution in [-0.2, 0) is 16.0 Å². The molecule has 98 valence electrons. The van der Waals surface area contributed by atoms with E-state index in [9.17, 15) is 4.79 Å². The number of hydrogen-bond acceptors (Lipinski definition) is 2. The van der Waals surface area contributed by atoms with Crippen LogP contribution in [0.5, 0.6) is 0 Å². The Morgan fingerprint density at radius 2 is 2.11 bits per heavy atom. The van der Waals surface area contributed by atoms with Crippen LogP contribution < -0.4 is 5.32 Å². The van der Waals surface area contributed by atoms with Gasteiger partial charge in [-0.25, -0.2) is 0 Å². The molecule has 2 unspecified atom stereocenters. The summed E-state index contributed by atoms with van der Waals surface area (Å²) < 4.78 is 5.72. The van der Waals surface area contributed by atoms with Gasteiger partial charge in [0.05, 0.1) is 12.6 Å². The number of amides is 1. The summed E-state index contributed by atoms with van der Waals surface area (Å²) in [6, 6.07) is 10.2. The Morgan fingerprint density at radius 3 is 2.72 bits per heavy atom. The molecule has 1 heterocycles. The van der Waals surface area contributed by atoms with Crippen LogP contribution in [0.4, 0.5) is 0 Å². The van der Waals surface area contributed by atoms with E-state index in [0.29, 0.717) is 18.9 Å². The zero-order chi connectivity index (χ0) is 13.0. The minimum atomic E-state index is -0.340. The molecule has 1 aliphatic rings. The van der Waals surface area contributed by atoms with Crippen LogP contribution in [0.2, 0.25) is 0 Å². The van der Waals surface area contributed by atoms with Gasteiger partial charge in [-0.05, 0) is 11.5 Å². The van der Waals surface area contributed by atoms with Crippen LogP contribution in [0.1, 0.15) is 25.8 Å². The van der Waals surface area contributed by atoms with Crippen LogP contribution in [0, 0.1) is 5.92 Å². The topological polar surface area (TPSA) is 38.3 Å². The summed E-state index contributed by atoms with van der Waals surface area (Å²) in [5.74, 6) is 0.488. The van der Waals surface area contributed by atoms with Gasteiger partial charge in [-0.3, -0.25) is 4.79 Å². The third-order valence-electron chi connectivity index (χ3n) is 3.69. The predicted molar refractivity (Wildman–Crippen MR) is 71.3 cm³/mol. The average molecular weight is 247 g/mol. The van der Waals surface area contributed by atoms with Gasteiger partial charge < -0.3 is 10.1 Å². The number of benzene rings is 1. The second kappa shape index (κ2) is 6.01.